The van der Waals surface area contributed by atoms with Gasteiger partial charge in [-0.3, -0.25) is 4.90 Å². The summed E-state index contributed by atoms with van der Waals surface area (Å²) in [5.74, 6) is 0. The number of halogens is 3. The van der Waals surface area contributed by atoms with Crippen LogP contribution >= 0.6 is 35.6 Å². The summed E-state index contributed by atoms with van der Waals surface area (Å²) in [5.41, 5.74) is 3.02. The van der Waals surface area contributed by atoms with Gasteiger partial charge in [0.05, 0.1) is 10.0 Å². The molecule has 0 saturated carbocycles. The molecule has 0 radical (unpaired) electrons. The third-order valence-corrected chi connectivity index (χ3v) is 5.27. The maximum Gasteiger partial charge on any atom is 0.0628 e. The molecule has 0 spiro atoms. The Morgan fingerprint density at radius 3 is 2.85 bits per heavy atom. The highest BCUT2D eigenvalue weighted by Crippen LogP contribution is 2.34. The predicted octanol–water partition coefficient (Wildman–Crippen LogP) is 3.77. The van der Waals surface area contributed by atoms with Gasteiger partial charge in [-0.2, -0.15) is 0 Å². The lowest BCUT2D eigenvalue weighted by Crippen LogP contribution is -2.40. The van der Waals surface area contributed by atoms with Gasteiger partial charge in [-0.25, -0.2) is 0 Å². The van der Waals surface area contributed by atoms with Gasteiger partial charge in [0.25, 0.3) is 0 Å². The molecule has 1 aromatic rings. The zero-order valence-corrected chi connectivity index (χ0v) is 14.0. The molecule has 0 aliphatic carbocycles. The third kappa shape index (κ3) is 3.26. The molecule has 0 aromatic heterocycles. The van der Waals surface area contributed by atoms with Crippen LogP contribution in [0.1, 0.15) is 24.5 Å². The van der Waals surface area contributed by atoms with Crippen molar-refractivity contribution >= 4 is 35.6 Å². The van der Waals surface area contributed by atoms with Crippen LogP contribution in [0.5, 0.6) is 0 Å². The zero-order valence-electron chi connectivity index (χ0n) is 11.7. The van der Waals surface area contributed by atoms with E-state index in [1.54, 1.807) is 0 Å². The molecule has 1 fully saturated rings. The van der Waals surface area contributed by atoms with Crippen molar-refractivity contribution in [2.24, 2.45) is 5.41 Å². The van der Waals surface area contributed by atoms with E-state index >= 15 is 0 Å². The fourth-order valence-corrected chi connectivity index (χ4v) is 3.78. The molecule has 2 heterocycles. The van der Waals surface area contributed by atoms with E-state index < -0.39 is 0 Å². The van der Waals surface area contributed by atoms with Gasteiger partial charge in [-0.05, 0) is 42.0 Å². The van der Waals surface area contributed by atoms with Crippen LogP contribution in [0, 0.1) is 5.41 Å². The summed E-state index contributed by atoms with van der Waals surface area (Å²) in [6.07, 6.45) is 2.29. The lowest BCUT2D eigenvalue weighted by Gasteiger charge is -2.35. The number of benzene rings is 1. The molecule has 112 valence electrons. The smallest absolute Gasteiger partial charge is 0.0628 e. The second-order valence-corrected chi connectivity index (χ2v) is 6.98. The van der Waals surface area contributed by atoms with Gasteiger partial charge in [-0.15, -0.1) is 12.4 Å². The third-order valence-electron chi connectivity index (χ3n) is 4.43. The molecular formula is C15H21Cl3N2. The van der Waals surface area contributed by atoms with Crippen molar-refractivity contribution in [3.63, 3.8) is 0 Å². The van der Waals surface area contributed by atoms with E-state index in [1.165, 1.54) is 24.1 Å². The Labute approximate surface area is 137 Å². The van der Waals surface area contributed by atoms with Crippen LogP contribution in [0.3, 0.4) is 0 Å². The minimum atomic E-state index is 0. The van der Waals surface area contributed by atoms with Crippen LogP contribution in [-0.4, -0.2) is 31.1 Å². The summed E-state index contributed by atoms with van der Waals surface area (Å²) in [4.78, 5) is 2.56. The van der Waals surface area contributed by atoms with Crippen molar-refractivity contribution in [1.82, 2.24) is 10.2 Å². The highest BCUT2D eigenvalue weighted by atomic mass is 35.5. The Morgan fingerprint density at radius 2 is 2.15 bits per heavy atom. The van der Waals surface area contributed by atoms with E-state index in [1.807, 2.05) is 6.07 Å². The minimum Gasteiger partial charge on any atom is -0.316 e. The SMILES string of the molecule is CC1(CN2CCc3c(ccc(Cl)c3Cl)C2)CCNC1.Cl. The molecular weight excluding hydrogens is 315 g/mol. The lowest BCUT2D eigenvalue weighted by atomic mass is 9.88. The summed E-state index contributed by atoms with van der Waals surface area (Å²) < 4.78 is 0. The monoisotopic (exact) mass is 334 g/mol. The number of fused-ring (bicyclic) bond motifs is 1. The van der Waals surface area contributed by atoms with Crippen LogP contribution in [0.15, 0.2) is 12.1 Å². The summed E-state index contributed by atoms with van der Waals surface area (Å²) in [6, 6.07) is 4.05. The quantitative estimate of drug-likeness (QED) is 0.885. The summed E-state index contributed by atoms with van der Waals surface area (Å²) in [7, 11) is 0. The van der Waals surface area contributed by atoms with Gasteiger partial charge >= 0.3 is 0 Å². The molecule has 1 saturated heterocycles. The molecule has 1 atom stereocenters. The van der Waals surface area contributed by atoms with Crippen molar-refractivity contribution in [2.75, 3.05) is 26.2 Å². The van der Waals surface area contributed by atoms with Crippen molar-refractivity contribution in [2.45, 2.75) is 26.3 Å². The van der Waals surface area contributed by atoms with E-state index in [2.05, 4.69) is 23.2 Å². The van der Waals surface area contributed by atoms with Crippen LogP contribution in [-0.2, 0) is 13.0 Å². The Bertz CT molecular complexity index is 484. The highest BCUT2D eigenvalue weighted by Gasteiger charge is 2.32. The Hall–Kier alpha value is 0.01000. The van der Waals surface area contributed by atoms with E-state index in [-0.39, 0.29) is 12.4 Å². The first kappa shape index (κ1) is 16.4. The standard InChI is InChI=1S/C15H20Cl2N2.ClH/c1-15(5-6-18-9-15)10-19-7-4-12-11(8-19)2-3-13(16)14(12)17;/h2-3,18H,4-10H2,1H3;1H. The fraction of sp³-hybridized carbons (Fsp3) is 0.600. The van der Waals surface area contributed by atoms with Gasteiger partial charge in [0.1, 0.15) is 0 Å². The molecule has 5 heteroatoms. The normalized spacial score (nSPS) is 26.1. The van der Waals surface area contributed by atoms with Gasteiger partial charge in [0.2, 0.25) is 0 Å². The van der Waals surface area contributed by atoms with Gasteiger partial charge in [0.15, 0.2) is 0 Å². The van der Waals surface area contributed by atoms with Crippen molar-refractivity contribution in [1.29, 1.82) is 0 Å². The molecule has 3 rings (SSSR count). The van der Waals surface area contributed by atoms with Crippen LogP contribution in [0.25, 0.3) is 0 Å². The maximum absolute atomic E-state index is 6.30. The number of nitrogens with one attached hydrogen (secondary N) is 1. The Kier molecular flexibility index (Phi) is 5.25. The number of hydrogen-bond acceptors (Lipinski definition) is 2. The van der Waals surface area contributed by atoms with Crippen molar-refractivity contribution in [3.05, 3.63) is 33.3 Å². The molecule has 1 aromatic carbocycles. The van der Waals surface area contributed by atoms with Crippen LogP contribution < -0.4 is 5.32 Å². The second-order valence-electron chi connectivity index (χ2n) is 6.20. The molecule has 0 bridgehead atoms. The number of nitrogens with zero attached hydrogens (tertiary/aromatic N) is 1. The highest BCUT2D eigenvalue weighted by molar-refractivity contribution is 6.42. The van der Waals surface area contributed by atoms with E-state index in [0.717, 1.165) is 37.6 Å². The lowest BCUT2D eigenvalue weighted by molar-refractivity contribution is 0.164. The topological polar surface area (TPSA) is 15.3 Å². The largest absolute Gasteiger partial charge is 0.316 e. The number of rotatable bonds is 2. The molecule has 0 amide bonds. The molecule has 2 aliphatic heterocycles. The first-order chi connectivity index (χ1) is 9.07. The summed E-state index contributed by atoms with van der Waals surface area (Å²) in [6.45, 7) is 7.93. The average Bonchev–Trinajstić information content (AvgIpc) is 2.80. The van der Waals surface area contributed by atoms with Crippen LogP contribution in [0.2, 0.25) is 10.0 Å². The molecule has 2 aliphatic rings. The van der Waals surface area contributed by atoms with Crippen molar-refractivity contribution in [3.8, 4) is 0 Å². The van der Waals surface area contributed by atoms with Gasteiger partial charge in [-0.1, -0.05) is 36.2 Å². The zero-order chi connectivity index (χ0) is 13.5. The summed E-state index contributed by atoms with van der Waals surface area (Å²) >= 11 is 12.4. The fourth-order valence-electron chi connectivity index (χ4n) is 3.32. The van der Waals surface area contributed by atoms with E-state index in [9.17, 15) is 0 Å². The summed E-state index contributed by atoms with van der Waals surface area (Å²) in [5, 5.41) is 4.91. The maximum atomic E-state index is 6.30. The van der Waals surface area contributed by atoms with Gasteiger partial charge in [0, 0.05) is 26.2 Å². The molecule has 1 N–H and O–H groups in total. The van der Waals surface area contributed by atoms with Crippen LogP contribution in [0.4, 0.5) is 0 Å². The minimum absolute atomic E-state index is 0. The molecule has 20 heavy (non-hydrogen) atoms. The Morgan fingerprint density at radius 1 is 1.35 bits per heavy atom. The number of hydrogen-bond donors (Lipinski definition) is 1. The first-order valence-corrected chi connectivity index (χ1v) is 7.72. The van der Waals surface area contributed by atoms with Gasteiger partial charge < -0.3 is 5.32 Å². The van der Waals surface area contributed by atoms with E-state index in [0.29, 0.717) is 10.4 Å². The molecule has 1 unspecified atom stereocenters. The first-order valence-electron chi connectivity index (χ1n) is 6.96. The van der Waals surface area contributed by atoms with Crippen molar-refractivity contribution < 1.29 is 0 Å². The predicted molar refractivity (Wildman–Crippen MR) is 88.3 cm³/mol. The Balaban J connectivity index is 0.00000147. The van der Waals surface area contributed by atoms with E-state index in [4.69, 9.17) is 23.2 Å². The second kappa shape index (κ2) is 6.41. The molecule has 2 nitrogen and oxygen atoms in total. The average molecular weight is 336 g/mol.